The van der Waals surface area contributed by atoms with Crippen LogP contribution in [0.15, 0.2) is 42.5 Å². The molecule has 186 valence electrons. The number of hydrogen-bond donors (Lipinski definition) is 0. The summed E-state index contributed by atoms with van der Waals surface area (Å²) in [7, 11) is 0. The Balaban J connectivity index is 1.49. The highest BCUT2D eigenvalue weighted by Gasteiger charge is 2.23. The summed E-state index contributed by atoms with van der Waals surface area (Å²) in [4.78, 5) is 0. The quantitative estimate of drug-likeness (QED) is 0.236. The van der Waals surface area contributed by atoms with Crippen molar-refractivity contribution >= 4 is 0 Å². The van der Waals surface area contributed by atoms with Gasteiger partial charge in [-0.25, -0.2) is 26.3 Å². The Bertz CT molecular complexity index is 1150. The minimum absolute atomic E-state index is 0.00178. The Labute approximate surface area is 200 Å². The molecule has 0 aliphatic heterocycles. The Kier molecular flexibility index (Phi) is 7.72. The second-order valence-corrected chi connectivity index (χ2v) is 9.18. The van der Waals surface area contributed by atoms with Gasteiger partial charge in [-0.15, -0.1) is 0 Å². The number of ether oxygens (including phenoxy) is 1. The van der Waals surface area contributed by atoms with Crippen molar-refractivity contribution in [2.24, 2.45) is 5.92 Å². The SMILES string of the molecule is CCC[C@H]1CC[C@H](c2ccc(-c3cc(F)c(OCc4cc(F)c(F)c(F)c4)c(F)c3)c(F)c2)CC1. The first kappa shape index (κ1) is 25.1. The summed E-state index contributed by atoms with van der Waals surface area (Å²) >= 11 is 0. The fourth-order valence-electron chi connectivity index (χ4n) is 4.91. The van der Waals surface area contributed by atoms with Crippen molar-refractivity contribution in [3.05, 3.63) is 88.5 Å². The second kappa shape index (κ2) is 10.8. The molecule has 3 aromatic rings. The molecule has 1 fully saturated rings. The Hall–Kier alpha value is -2.96. The first-order valence-corrected chi connectivity index (χ1v) is 11.8. The van der Waals surface area contributed by atoms with Crippen molar-refractivity contribution in [1.29, 1.82) is 0 Å². The van der Waals surface area contributed by atoms with E-state index in [-0.39, 0.29) is 22.6 Å². The molecule has 1 saturated carbocycles. The topological polar surface area (TPSA) is 9.23 Å². The van der Waals surface area contributed by atoms with Gasteiger partial charge in [0.2, 0.25) is 0 Å². The maximum absolute atomic E-state index is 15.0. The molecule has 0 unspecified atom stereocenters. The van der Waals surface area contributed by atoms with Crippen LogP contribution < -0.4 is 4.74 Å². The van der Waals surface area contributed by atoms with E-state index in [1.165, 1.54) is 25.0 Å². The van der Waals surface area contributed by atoms with Crippen LogP contribution in [0.4, 0.5) is 26.3 Å². The highest BCUT2D eigenvalue weighted by Crippen LogP contribution is 2.39. The van der Waals surface area contributed by atoms with Crippen molar-refractivity contribution in [3.8, 4) is 16.9 Å². The highest BCUT2D eigenvalue weighted by molar-refractivity contribution is 5.66. The number of rotatable bonds is 7. The van der Waals surface area contributed by atoms with Crippen LogP contribution in [0.5, 0.6) is 5.75 Å². The maximum Gasteiger partial charge on any atom is 0.194 e. The van der Waals surface area contributed by atoms with E-state index in [0.29, 0.717) is 12.1 Å². The van der Waals surface area contributed by atoms with Crippen molar-refractivity contribution in [2.75, 3.05) is 0 Å². The molecule has 0 aromatic heterocycles. The van der Waals surface area contributed by atoms with Crippen LogP contribution in [0.3, 0.4) is 0 Å². The third kappa shape index (κ3) is 5.65. The standard InChI is InChI=1S/C28H26F6O/c1-2-3-16-4-6-18(7-5-16)19-8-9-21(22(29)12-19)20-13-25(32)28(26(33)14-20)35-15-17-10-23(30)27(34)24(31)11-17/h8-14,16,18H,2-7,15H2,1H3/t16-,18-. The van der Waals surface area contributed by atoms with Crippen LogP contribution in [0.25, 0.3) is 11.1 Å². The van der Waals surface area contributed by atoms with E-state index >= 15 is 0 Å². The van der Waals surface area contributed by atoms with E-state index in [9.17, 15) is 26.3 Å². The second-order valence-electron chi connectivity index (χ2n) is 9.18. The van der Waals surface area contributed by atoms with Crippen LogP contribution in [-0.2, 0) is 6.61 Å². The van der Waals surface area contributed by atoms with E-state index in [4.69, 9.17) is 4.74 Å². The molecule has 0 radical (unpaired) electrons. The zero-order valence-corrected chi connectivity index (χ0v) is 19.3. The molecule has 1 aliphatic rings. The molecule has 4 rings (SSSR count). The summed E-state index contributed by atoms with van der Waals surface area (Å²) in [5, 5.41) is 0. The lowest BCUT2D eigenvalue weighted by atomic mass is 9.77. The van der Waals surface area contributed by atoms with Crippen LogP contribution >= 0.6 is 0 Å². The van der Waals surface area contributed by atoms with Gasteiger partial charge in [0.05, 0.1) is 0 Å². The van der Waals surface area contributed by atoms with Gasteiger partial charge in [-0.1, -0.05) is 31.9 Å². The van der Waals surface area contributed by atoms with Gasteiger partial charge in [-0.2, -0.15) is 0 Å². The zero-order valence-electron chi connectivity index (χ0n) is 19.3. The summed E-state index contributed by atoms with van der Waals surface area (Å²) in [6.45, 7) is 1.59. The molecular weight excluding hydrogens is 466 g/mol. The minimum Gasteiger partial charge on any atom is -0.483 e. The number of halogens is 6. The summed E-state index contributed by atoms with van der Waals surface area (Å²) in [5.74, 6) is -7.05. The fraction of sp³-hybridized carbons (Fsp3) is 0.357. The van der Waals surface area contributed by atoms with Gasteiger partial charge in [-0.05, 0) is 84.5 Å². The highest BCUT2D eigenvalue weighted by atomic mass is 19.2. The van der Waals surface area contributed by atoms with E-state index in [1.54, 1.807) is 6.07 Å². The first-order valence-electron chi connectivity index (χ1n) is 11.8. The molecule has 1 aliphatic carbocycles. The summed E-state index contributed by atoms with van der Waals surface area (Å²) in [6.07, 6.45) is 6.63. The molecule has 0 saturated heterocycles. The fourth-order valence-corrected chi connectivity index (χ4v) is 4.91. The van der Waals surface area contributed by atoms with E-state index < -0.39 is 47.3 Å². The molecule has 0 spiro atoms. The van der Waals surface area contributed by atoms with Gasteiger partial charge in [0.25, 0.3) is 0 Å². The predicted molar refractivity (Wildman–Crippen MR) is 122 cm³/mol. The zero-order chi connectivity index (χ0) is 25.1. The average Bonchev–Trinajstić information content (AvgIpc) is 2.82. The monoisotopic (exact) mass is 492 g/mol. The smallest absolute Gasteiger partial charge is 0.194 e. The molecular formula is C28H26F6O. The average molecular weight is 493 g/mol. The van der Waals surface area contributed by atoms with E-state index in [1.807, 2.05) is 0 Å². The third-order valence-corrected chi connectivity index (χ3v) is 6.74. The summed E-state index contributed by atoms with van der Waals surface area (Å²) in [5.41, 5.74) is 0.804. The molecule has 0 atom stereocenters. The van der Waals surface area contributed by atoms with Crippen molar-refractivity contribution in [2.45, 2.75) is 58.0 Å². The Morgan fingerprint density at radius 1 is 0.743 bits per heavy atom. The molecule has 0 heterocycles. The van der Waals surface area contributed by atoms with Crippen molar-refractivity contribution in [3.63, 3.8) is 0 Å². The largest absolute Gasteiger partial charge is 0.483 e. The first-order chi connectivity index (χ1) is 16.8. The molecule has 35 heavy (non-hydrogen) atoms. The van der Waals surface area contributed by atoms with E-state index in [2.05, 4.69) is 6.92 Å². The van der Waals surface area contributed by atoms with Gasteiger partial charge in [0.15, 0.2) is 34.8 Å². The van der Waals surface area contributed by atoms with Gasteiger partial charge >= 0.3 is 0 Å². The van der Waals surface area contributed by atoms with E-state index in [0.717, 1.165) is 49.3 Å². The summed E-state index contributed by atoms with van der Waals surface area (Å²) in [6, 6.07) is 8.02. The lowest BCUT2D eigenvalue weighted by Crippen LogP contribution is -2.13. The summed E-state index contributed by atoms with van der Waals surface area (Å²) < 4.78 is 89.0. The number of benzene rings is 3. The van der Waals surface area contributed by atoms with Crippen LogP contribution in [0.1, 0.15) is 62.5 Å². The van der Waals surface area contributed by atoms with Gasteiger partial charge in [0.1, 0.15) is 12.4 Å². The molecule has 0 N–H and O–H groups in total. The Morgan fingerprint density at radius 2 is 1.37 bits per heavy atom. The van der Waals surface area contributed by atoms with Gasteiger partial charge in [-0.3, -0.25) is 0 Å². The predicted octanol–water partition coefficient (Wildman–Crippen LogP) is 8.84. The molecule has 0 bridgehead atoms. The molecule has 3 aromatic carbocycles. The van der Waals surface area contributed by atoms with Gasteiger partial charge in [0, 0.05) is 5.56 Å². The Morgan fingerprint density at radius 3 is 1.94 bits per heavy atom. The van der Waals surface area contributed by atoms with Crippen LogP contribution in [0, 0.1) is 40.8 Å². The van der Waals surface area contributed by atoms with Crippen molar-refractivity contribution in [1.82, 2.24) is 0 Å². The normalized spacial score (nSPS) is 18.0. The molecule has 7 heteroatoms. The van der Waals surface area contributed by atoms with Crippen molar-refractivity contribution < 1.29 is 31.1 Å². The third-order valence-electron chi connectivity index (χ3n) is 6.74. The number of hydrogen-bond acceptors (Lipinski definition) is 1. The lowest BCUT2D eigenvalue weighted by Gasteiger charge is -2.28. The molecule has 0 amide bonds. The van der Waals surface area contributed by atoms with Crippen LogP contribution in [0.2, 0.25) is 0 Å². The van der Waals surface area contributed by atoms with Gasteiger partial charge < -0.3 is 4.74 Å². The molecule has 1 nitrogen and oxygen atoms in total. The maximum atomic E-state index is 15.0. The van der Waals surface area contributed by atoms with Crippen LogP contribution in [-0.4, -0.2) is 0 Å². The lowest BCUT2D eigenvalue weighted by molar-refractivity contribution is 0.272. The minimum atomic E-state index is -1.65.